The lowest BCUT2D eigenvalue weighted by molar-refractivity contribution is -0.0980. The van der Waals surface area contributed by atoms with Gasteiger partial charge >= 0.3 is 5.69 Å². The molecule has 6 rings (SSSR count). The van der Waals surface area contributed by atoms with Crippen molar-refractivity contribution in [3.05, 3.63) is 63.7 Å². The van der Waals surface area contributed by atoms with Gasteiger partial charge in [-0.25, -0.2) is 14.8 Å². The lowest BCUT2D eigenvalue weighted by Crippen LogP contribution is -2.36. The molecule has 0 saturated carbocycles. The van der Waals surface area contributed by atoms with Crippen molar-refractivity contribution in [3.63, 3.8) is 0 Å². The van der Waals surface area contributed by atoms with Gasteiger partial charge in [-0.15, -0.1) is 0 Å². The van der Waals surface area contributed by atoms with Crippen LogP contribution in [0.3, 0.4) is 0 Å². The number of nitrogens with one attached hydrogen (secondary N) is 3. The second-order valence-electron chi connectivity index (χ2n) is 14.1. The number of halogens is 1. The summed E-state index contributed by atoms with van der Waals surface area (Å²) in [5.41, 5.74) is 4.21. The Kier molecular flexibility index (Phi) is 17.2. The lowest BCUT2D eigenvalue weighted by atomic mass is 10.0. The number of aromatic amines is 2. The molecule has 1 aliphatic rings. The van der Waals surface area contributed by atoms with Crippen LogP contribution in [0.25, 0.3) is 33.1 Å². The quantitative estimate of drug-likeness (QED) is 0.116. The number of aromatic nitrogens is 4. The number of rotatable bonds is 6. The van der Waals surface area contributed by atoms with Crippen LogP contribution in [0.1, 0.15) is 87.5 Å². The molecule has 5 aromatic rings. The molecule has 10 nitrogen and oxygen atoms in total. The summed E-state index contributed by atoms with van der Waals surface area (Å²) in [6.45, 7) is 22.2. The van der Waals surface area contributed by atoms with Gasteiger partial charge in [-0.2, -0.15) is 0 Å². The average molecular weight is 752 g/mol. The number of anilines is 1. The fourth-order valence-corrected chi connectivity index (χ4v) is 5.52. The number of hydrogen-bond acceptors (Lipinski definition) is 8. The van der Waals surface area contributed by atoms with Crippen LogP contribution in [0.15, 0.2) is 62.5 Å². The molecule has 50 heavy (non-hydrogen) atoms. The van der Waals surface area contributed by atoms with Crippen molar-refractivity contribution >= 4 is 61.6 Å². The smallest absolute Gasteiger partial charge is 0.323 e. The third-order valence-corrected chi connectivity index (χ3v) is 7.80. The first-order chi connectivity index (χ1) is 23.7. The number of benzene rings is 2. The third kappa shape index (κ3) is 14.4. The summed E-state index contributed by atoms with van der Waals surface area (Å²) >= 11 is 3.41. The maximum Gasteiger partial charge on any atom is 0.323 e. The van der Waals surface area contributed by atoms with E-state index in [1.165, 1.54) is 32.1 Å². The molecule has 3 aromatic heterocycles. The summed E-state index contributed by atoms with van der Waals surface area (Å²) in [5, 5.41) is 4.55. The van der Waals surface area contributed by atoms with E-state index >= 15 is 0 Å². The van der Waals surface area contributed by atoms with Gasteiger partial charge in [0.15, 0.2) is 16.1 Å². The Hall–Kier alpha value is -4.14. The van der Waals surface area contributed by atoms with E-state index in [-0.39, 0.29) is 16.8 Å². The molecule has 1 unspecified atom stereocenters. The predicted molar refractivity (Wildman–Crippen MR) is 211 cm³/mol. The molecule has 0 radical (unpaired) electrons. The van der Waals surface area contributed by atoms with Gasteiger partial charge in [0.2, 0.25) is 0 Å². The summed E-state index contributed by atoms with van der Waals surface area (Å²) in [6, 6.07) is 15.5. The normalized spacial score (nSPS) is 13.1. The molecule has 272 valence electrons. The van der Waals surface area contributed by atoms with E-state index in [2.05, 4.69) is 86.8 Å². The van der Waals surface area contributed by atoms with Gasteiger partial charge in [-0.05, 0) is 113 Å². The number of fused-ring (bicyclic) bond motifs is 4. The molecule has 0 amide bonds. The van der Waals surface area contributed by atoms with E-state index in [1.807, 2.05) is 76.1 Å². The first-order valence-corrected chi connectivity index (χ1v) is 17.9. The zero-order valence-electron chi connectivity index (χ0n) is 31.0. The molecule has 1 saturated heterocycles. The van der Waals surface area contributed by atoms with Gasteiger partial charge < -0.3 is 34.1 Å². The summed E-state index contributed by atoms with van der Waals surface area (Å²) in [6.07, 6.45) is 13.4. The molecule has 3 N–H and O–H groups in total. The Morgan fingerprint density at radius 1 is 1.00 bits per heavy atom. The van der Waals surface area contributed by atoms with Gasteiger partial charge in [0.1, 0.15) is 29.6 Å². The molecule has 4 heterocycles. The standard InChI is InChI=1S/C14H12BrN3O.C11H25N.C7H6N2O.C6H10O.CH2O/c15-14-16-11-9-5-1-2-6-10(9)19-12(11)13(17-14)18-7-3-4-8-18;1-6-7-10(2)8-9-12-11(3,4)5;10-7-8-5-3-1-2-4-6(5)9-7;1-5-7-6(2,3)4;1-2/h1-2,5-6H,3-4,7-8H2;10,12H,6-9H2,1-5H3;1-4H,(H2,8,9,10);1H,2-4H3;1H2. The van der Waals surface area contributed by atoms with Crippen LogP contribution in [0.5, 0.6) is 0 Å². The molecule has 0 bridgehead atoms. The van der Waals surface area contributed by atoms with Crippen molar-refractivity contribution in [1.82, 2.24) is 25.3 Å². The third-order valence-electron chi connectivity index (χ3n) is 7.44. The van der Waals surface area contributed by atoms with Crippen LogP contribution >= 0.6 is 15.9 Å². The SMILES string of the molecule is Brc1nc(N2CCCC2)c2oc3ccccc3c2n1.C#COC(C)(C)C.C=O.CCCC(C)CCNC(C)(C)C.O=c1[nH]c2ccccc2[nH]1. The number of H-pyrrole nitrogens is 2. The van der Waals surface area contributed by atoms with Crippen molar-refractivity contribution in [2.75, 3.05) is 24.5 Å². The molecular formula is C39H55BrN6O4. The van der Waals surface area contributed by atoms with Crippen LogP contribution in [-0.2, 0) is 9.53 Å². The topological polar surface area (TPSA) is 129 Å². The van der Waals surface area contributed by atoms with Crippen LogP contribution in [0, 0.1) is 18.4 Å². The Morgan fingerprint density at radius 3 is 2.10 bits per heavy atom. The first kappa shape index (κ1) is 42.0. The van der Waals surface area contributed by atoms with Gasteiger partial charge in [-0.3, -0.25) is 0 Å². The number of carbonyl (C=O) groups is 1. The Bertz CT molecular complexity index is 1780. The highest BCUT2D eigenvalue weighted by Gasteiger charge is 2.21. The monoisotopic (exact) mass is 750 g/mol. The molecule has 1 fully saturated rings. The van der Waals surface area contributed by atoms with Crippen molar-refractivity contribution in [2.24, 2.45) is 5.92 Å². The van der Waals surface area contributed by atoms with Gasteiger partial charge in [-0.1, -0.05) is 57.4 Å². The Labute approximate surface area is 305 Å². The molecular weight excluding hydrogens is 696 g/mol. The maximum absolute atomic E-state index is 10.7. The molecule has 0 spiro atoms. The number of nitrogens with zero attached hydrogens (tertiary/aromatic N) is 3. The number of ether oxygens (including phenoxy) is 1. The number of para-hydroxylation sites is 3. The number of furan rings is 1. The zero-order valence-corrected chi connectivity index (χ0v) is 32.6. The minimum atomic E-state index is -0.186. The predicted octanol–water partition coefficient (Wildman–Crippen LogP) is 9.00. The Morgan fingerprint density at radius 2 is 1.58 bits per heavy atom. The highest BCUT2D eigenvalue weighted by molar-refractivity contribution is 9.10. The van der Waals surface area contributed by atoms with Gasteiger partial charge in [0.05, 0.1) is 11.0 Å². The maximum atomic E-state index is 10.7. The van der Waals surface area contributed by atoms with Crippen LogP contribution < -0.4 is 15.9 Å². The van der Waals surface area contributed by atoms with Crippen LogP contribution in [0.2, 0.25) is 0 Å². The van der Waals surface area contributed by atoms with Crippen LogP contribution in [0.4, 0.5) is 5.82 Å². The summed E-state index contributed by atoms with van der Waals surface area (Å²) in [5.74, 6) is 1.79. The molecule has 2 aromatic carbocycles. The summed E-state index contributed by atoms with van der Waals surface area (Å²) < 4.78 is 11.3. The second-order valence-corrected chi connectivity index (χ2v) is 14.8. The van der Waals surface area contributed by atoms with Crippen molar-refractivity contribution in [1.29, 1.82) is 0 Å². The summed E-state index contributed by atoms with van der Waals surface area (Å²) in [7, 11) is 0. The lowest BCUT2D eigenvalue weighted by Gasteiger charge is -2.21. The van der Waals surface area contributed by atoms with Gasteiger partial charge in [0.25, 0.3) is 0 Å². The molecule has 11 heteroatoms. The van der Waals surface area contributed by atoms with E-state index < -0.39 is 0 Å². The highest BCUT2D eigenvalue weighted by atomic mass is 79.9. The fraction of sp³-hybridized carbons (Fsp3) is 0.487. The number of hydrogen-bond donors (Lipinski definition) is 3. The van der Waals surface area contributed by atoms with E-state index in [1.54, 1.807) is 0 Å². The van der Waals surface area contributed by atoms with Crippen molar-refractivity contribution < 1.29 is 13.9 Å². The van der Waals surface area contributed by atoms with Crippen molar-refractivity contribution in [3.8, 4) is 12.5 Å². The van der Waals surface area contributed by atoms with Crippen molar-refractivity contribution in [2.45, 2.75) is 98.6 Å². The van der Waals surface area contributed by atoms with E-state index in [4.69, 9.17) is 20.4 Å². The molecule has 1 atom stereocenters. The Balaban J connectivity index is 0.000000244. The van der Waals surface area contributed by atoms with Crippen LogP contribution in [-0.4, -0.2) is 57.5 Å². The fourth-order valence-electron chi connectivity index (χ4n) is 5.18. The molecule has 0 aliphatic carbocycles. The van der Waals surface area contributed by atoms with Gasteiger partial charge in [0, 0.05) is 24.0 Å². The van der Waals surface area contributed by atoms with E-state index in [0.29, 0.717) is 4.73 Å². The molecule has 1 aliphatic heterocycles. The van der Waals surface area contributed by atoms with E-state index in [9.17, 15) is 4.79 Å². The largest absolute Gasteiger partial charge is 0.450 e. The highest BCUT2D eigenvalue weighted by Crippen LogP contribution is 2.34. The number of carbonyl (C=O) groups excluding carboxylic acids is 1. The van der Waals surface area contributed by atoms with E-state index in [0.717, 1.165) is 64.5 Å². The minimum Gasteiger partial charge on any atom is -0.450 e. The zero-order chi connectivity index (χ0) is 37.3. The second kappa shape index (κ2) is 20.5. The average Bonchev–Trinajstić information content (AvgIpc) is 3.80. The number of imidazole rings is 1. The summed E-state index contributed by atoms with van der Waals surface area (Å²) in [4.78, 5) is 35.2. The minimum absolute atomic E-state index is 0.152. The number of terminal acetylenes is 1. The first-order valence-electron chi connectivity index (χ1n) is 17.1.